The number of thioether (sulfide) groups is 1. The monoisotopic (exact) mass is 364 g/mol. The second-order valence-corrected chi connectivity index (χ2v) is 6.57. The lowest BCUT2D eigenvalue weighted by molar-refractivity contribution is -0.123. The van der Waals surface area contributed by atoms with Gasteiger partial charge in [0.1, 0.15) is 5.82 Å². The Hall–Kier alpha value is -2.05. The number of carbonyl (C=O) groups excluding carboxylic acids is 2. The van der Waals surface area contributed by atoms with E-state index in [1.807, 2.05) is 19.1 Å². The maximum Gasteiger partial charge on any atom is 0.340 e. The minimum Gasteiger partial charge on any atom is -0.449 e. The highest BCUT2D eigenvalue weighted by atomic mass is 35.5. The van der Waals surface area contributed by atoms with E-state index in [9.17, 15) is 9.59 Å². The van der Waals surface area contributed by atoms with E-state index in [0.717, 1.165) is 10.6 Å². The molecule has 0 fully saturated rings. The quantitative estimate of drug-likeness (QED) is 0.619. The van der Waals surface area contributed by atoms with Gasteiger partial charge in [0.15, 0.2) is 6.10 Å². The molecule has 7 heteroatoms. The smallest absolute Gasteiger partial charge is 0.340 e. The average molecular weight is 365 g/mol. The molecular weight excluding hydrogens is 348 g/mol. The van der Waals surface area contributed by atoms with Gasteiger partial charge in [-0.25, -0.2) is 9.78 Å². The van der Waals surface area contributed by atoms with E-state index in [4.69, 9.17) is 16.3 Å². The number of ether oxygens (including phenoxy) is 1. The first-order chi connectivity index (χ1) is 11.5. The van der Waals surface area contributed by atoms with E-state index in [1.165, 1.54) is 13.1 Å². The molecule has 5 nitrogen and oxygen atoms in total. The highest BCUT2D eigenvalue weighted by molar-refractivity contribution is 7.99. The molecule has 1 amide bonds. The third-order valence-electron chi connectivity index (χ3n) is 3.04. The minimum atomic E-state index is -0.949. The summed E-state index contributed by atoms with van der Waals surface area (Å²) in [4.78, 5) is 29.2. The molecule has 0 spiro atoms. The van der Waals surface area contributed by atoms with Gasteiger partial charge >= 0.3 is 5.97 Å². The van der Waals surface area contributed by atoms with Gasteiger partial charge in [0.2, 0.25) is 0 Å². The predicted molar refractivity (Wildman–Crippen MR) is 95.6 cm³/mol. The Balaban J connectivity index is 2.00. The number of aromatic nitrogens is 1. The first-order valence-corrected chi connectivity index (χ1v) is 8.73. The molecule has 0 saturated carbocycles. The summed E-state index contributed by atoms with van der Waals surface area (Å²) < 4.78 is 5.26. The fourth-order valence-corrected chi connectivity index (χ4v) is 2.78. The summed E-state index contributed by atoms with van der Waals surface area (Å²) in [6.45, 7) is 3.51. The summed E-state index contributed by atoms with van der Waals surface area (Å²) >= 11 is 7.29. The van der Waals surface area contributed by atoms with Gasteiger partial charge in [0.25, 0.3) is 5.91 Å². The standard InChI is InChI=1S/C17H17ClN2O3S/c1-3-24-14-7-5-4-6-13(14)17(22)23-11(2)16(21)20-15-9-8-12(18)10-19-15/h4-11H,3H2,1-2H3,(H,19,20,21)/t11-/m0/s1. The van der Waals surface area contributed by atoms with Gasteiger partial charge in [-0.2, -0.15) is 0 Å². The Morgan fingerprint density at radius 3 is 2.71 bits per heavy atom. The number of amides is 1. The molecule has 2 rings (SSSR count). The molecule has 0 saturated heterocycles. The summed E-state index contributed by atoms with van der Waals surface area (Å²) in [5.41, 5.74) is 0.452. The van der Waals surface area contributed by atoms with Crippen LogP contribution >= 0.6 is 23.4 Å². The maximum absolute atomic E-state index is 12.3. The van der Waals surface area contributed by atoms with Crippen molar-refractivity contribution < 1.29 is 14.3 Å². The molecule has 126 valence electrons. The highest BCUT2D eigenvalue weighted by Crippen LogP contribution is 2.23. The normalized spacial score (nSPS) is 11.6. The fraction of sp³-hybridized carbons (Fsp3) is 0.235. The van der Waals surface area contributed by atoms with Crippen LogP contribution in [-0.2, 0) is 9.53 Å². The van der Waals surface area contributed by atoms with E-state index in [2.05, 4.69) is 10.3 Å². The van der Waals surface area contributed by atoms with E-state index in [1.54, 1.807) is 36.0 Å². The lowest BCUT2D eigenvalue weighted by Gasteiger charge is -2.14. The number of pyridine rings is 1. The van der Waals surface area contributed by atoms with Crippen LogP contribution in [0.5, 0.6) is 0 Å². The minimum absolute atomic E-state index is 0.342. The number of hydrogen-bond acceptors (Lipinski definition) is 5. The summed E-state index contributed by atoms with van der Waals surface area (Å²) in [6.07, 6.45) is 0.473. The zero-order chi connectivity index (χ0) is 17.5. The number of benzene rings is 1. The molecule has 0 aliphatic heterocycles. The Bertz CT molecular complexity index is 722. The second-order valence-electron chi connectivity index (χ2n) is 4.83. The predicted octanol–water partition coefficient (Wildman–Crippen LogP) is 4.03. The number of halogens is 1. The van der Waals surface area contributed by atoms with Crippen molar-refractivity contribution in [3.05, 3.63) is 53.2 Å². The van der Waals surface area contributed by atoms with Crippen molar-refractivity contribution in [2.24, 2.45) is 0 Å². The largest absolute Gasteiger partial charge is 0.449 e. The SMILES string of the molecule is CCSc1ccccc1C(=O)O[C@@H](C)C(=O)Nc1ccc(Cl)cn1. The average Bonchev–Trinajstić information content (AvgIpc) is 2.57. The number of hydrogen-bond donors (Lipinski definition) is 1. The Morgan fingerprint density at radius 1 is 1.29 bits per heavy atom. The van der Waals surface area contributed by atoms with Crippen LogP contribution in [-0.4, -0.2) is 28.7 Å². The van der Waals surface area contributed by atoms with Gasteiger partial charge in [-0.05, 0) is 36.9 Å². The van der Waals surface area contributed by atoms with Crippen molar-refractivity contribution in [3.8, 4) is 0 Å². The van der Waals surface area contributed by atoms with Crippen molar-refractivity contribution in [3.63, 3.8) is 0 Å². The molecule has 1 aromatic heterocycles. The number of nitrogens with zero attached hydrogens (tertiary/aromatic N) is 1. The molecule has 0 aliphatic carbocycles. The number of anilines is 1. The zero-order valence-corrected chi connectivity index (χ0v) is 14.9. The lowest BCUT2D eigenvalue weighted by Crippen LogP contribution is -2.30. The summed E-state index contributed by atoms with van der Waals surface area (Å²) in [7, 11) is 0. The van der Waals surface area contributed by atoms with Crippen LogP contribution in [0.2, 0.25) is 5.02 Å². The molecule has 1 heterocycles. The number of carbonyl (C=O) groups is 2. The summed E-state index contributed by atoms with van der Waals surface area (Å²) in [5, 5.41) is 3.04. The van der Waals surface area contributed by atoms with Gasteiger partial charge in [-0.15, -0.1) is 11.8 Å². The van der Waals surface area contributed by atoms with Crippen LogP contribution in [0.1, 0.15) is 24.2 Å². The summed E-state index contributed by atoms with van der Waals surface area (Å²) in [5.74, 6) is 0.189. The molecule has 1 atom stereocenters. The van der Waals surface area contributed by atoms with E-state index in [0.29, 0.717) is 16.4 Å². The van der Waals surface area contributed by atoms with E-state index in [-0.39, 0.29) is 0 Å². The molecule has 1 N–H and O–H groups in total. The first-order valence-electron chi connectivity index (χ1n) is 7.36. The molecular formula is C17H17ClN2O3S. The van der Waals surface area contributed by atoms with Crippen LogP contribution in [0.3, 0.4) is 0 Å². The third kappa shape index (κ3) is 4.97. The van der Waals surface area contributed by atoms with Gasteiger partial charge in [-0.1, -0.05) is 30.7 Å². The zero-order valence-electron chi connectivity index (χ0n) is 13.3. The molecule has 2 aromatic rings. The molecule has 0 bridgehead atoms. The van der Waals surface area contributed by atoms with Crippen molar-refractivity contribution >= 4 is 41.1 Å². The number of nitrogens with one attached hydrogen (secondary N) is 1. The maximum atomic E-state index is 12.3. The van der Waals surface area contributed by atoms with Gasteiger partial charge in [0, 0.05) is 11.1 Å². The first kappa shape index (κ1) is 18.3. The van der Waals surface area contributed by atoms with Crippen LogP contribution in [0.4, 0.5) is 5.82 Å². The highest BCUT2D eigenvalue weighted by Gasteiger charge is 2.21. The lowest BCUT2D eigenvalue weighted by atomic mass is 10.2. The fourth-order valence-electron chi connectivity index (χ4n) is 1.87. The molecule has 0 radical (unpaired) electrons. The van der Waals surface area contributed by atoms with Crippen molar-refractivity contribution in [2.45, 2.75) is 24.8 Å². The van der Waals surface area contributed by atoms with Gasteiger partial charge in [0.05, 0.1) is 10.6 Å². The Kier molecular flexibility index (Phi) is 6.63. The van der Waals surface area contributed by atoms with Crippen molar-refractivity contribution in [1.82, 2.24) is 4.98 Å². The number of esters is 1. The van der Waals surface area contributed by atoms with Gasteiger partial charge in [-0.3, -0.25) is 4.79 Å². The third-order valence-corrected chi connectivity index (χ3v) is 4.22. The van der Waals surface area contributed by atoms with Crippen molar-refractivity contribution in [2.75, 3.05) is 11.1 Å². The Labute approximate surface area is 149 Å². The summed E-state index contributed by atoms with van der Waals surface area (Å²) in [6, 6.07) is 10.3. The van der Waals surface area contributed by atoms with Crippen molar-refractivity contribution in [1.29, 1.82) is 0 Å². The molecule has 1 aromatic carbocycles. The van der Waals surface area contributed by atoms with Crippen LogP contribution < -0.4 is 5.32 Å². The second kappa shape index (κ2) is 8.70. The topological polar surface area (TPSA) is 68.3 Å². The number of rotatable bonds is 6. The van der Waals surface area contributed by atoms with Crippen LogP contribution in [0.25, 0.3) is 0 Å². The molecule has 24 heavy (non-hydrogen) atoms. The van der Waals surface area contributed by atoms with E-state index < -0.39 is 18.0 Å². The Morgan fingerprint density at radius 2 is 2.04 bits per heavy atom. The molecule has 0 aliphatic rings. The van der Waals surface area contributed by atoms with Crippen LogP contribution in [0, 0.1) is 0 Å². The molecule has 0 unspecified atom stereocenters. The van der Waals surface area contributed by atoms with Crippen LogP contribution in [0.15, 0.2) is 47.5 Å². The van der Waals surface area contributed by atoms with E-state index >= 15 is 0 Å². The van der Waals surface area contributed by atoms with Gasteiger partial charge < -0.3 is 10.1 Å².